The van der Waals surface area contributed by atoms with E-state index in [1.54, 1.807) is 0 Å². The second-order valence-electron chi connectivity index (χ2n) is 6.80. The zero-order valence-corrected chi connectivity index (χ0v) is 14.1. The third-order valence-corrected chi connectivity index (χ3v) is 3.46. The van der Waals surface area contributed by atoms with Gasteiger partial charge in [-0.3, -0.25) is 0 Å². The number of aromatic nitrogens is 1. The van der Waals surface area contributed by atoms with Crippen molar-refractivity contribution in [2.45, 2.75) is 33.2 Å². The average molecular weight is 306 g/mol. The quantitative estimate of drug-likeness (QED) is 0.691. The number of benzene rings is 2. The van der Waals surface area contributed by atoms with Gasteiger partial charge in [0.2, 0.25) is 11.8 Å². The van der Waals surface area contributed by atoms with Crippen molar-refractivity contribution in [3.63, 3.8) is 0 Å². The molecule has 3 nitrogen and oxygen atoms in total. The Morgan fingerprint density at radius 2 is 1.52 bits per heavy atom. The summed E-state index contributed by atoms with van der Waals surface area (Å²) in [6, 6.07) is 18.3. The Labute approximate surface area is 137 Å². The third-order valence-electron chi connectivity index (χ3n) is 3.46. The average Bonchev–Trinajstić information content (AvgIpc) is 2.91. The fourth-order valence-corrected chi connectivity index (χ4v) is 2.36. The molecule has 0 bridgehead atoms. The second-order valence-corrected chi connectivity index (χ2v) is 6.80. The fourth-order valence-electron chi connectivity index (χ4n) is 2.36. The molecule has 0 atom stereocenters. The summed E-state index contributed by atoms with van der Waals surface area (Å²) >= 11 is 0. The molecule has 0 radical (unpaired) electrons. The molecule has 0 aliphatic heterocycles. The number of oxazole rings is 1. The molecule has 0 unspecified atom stereocenters. The monoisotopic (exact) mass is 306 g/mol. The van der Waals surface area contributed by atoms with Crippen molar-refractivity contribution >= 4 is 5.88 Å². The topological polar surface area (TPSA) is 38.1 Å². The SMILES string of the molecule is Cc1ccc(-c2nc(-c3ccccc3)oc2NC(C)(C)C)cc1. The predicted octanol–water partition coefficient (Wildman–Crippen LogP) is 5.53. The van der Waals surface area contributed by atoms with Crippen LogP contribution in [-0.4, -0.2) is 10.5 Å². The third kappa shape index (κ3) is 3.62. The largest absolute Gasteiger partial charge is 0.420 e. The van der Waals surface area contributed by atoms with Crippen molar-refractivity contribution in [3.05, 3.63) is 60.2 Å². The molecule has 0 saturated heterocycles. The van der Waals surface area contributed by atoms with Crippen LogP contribution >= 0.6 is 0 Å². The Balaban J connectivity index is 2.09. The molecule has 1 N–H and O–H groups in total. The Kier molecular flexibility index (Phi) is 3.95. The first-order valence-corrected chi connectivity index (χ1v) is 7.84. The van der Waals surface area contributed by atoms with Crippen LogP contribution in [-0.2, 0) is 0 Å². The molecular weight excluding hydrogens is 284 g/mol. The molecule has 118 valence electrons. The van der Waals surface area contributed by atoms with Crippen LogP contribution in [0.5, 0.6) is 0 Å². The maximum Gasteiger partial charge on any atom is 0.229 e. The van der Waals surface area contributed by atoms with Gasteiger partial charge in [-0.1, -0.05) is 48.0 Å². The lowest BCUT2D eigenvalue weighted by atomic mass is 10.1. The molecule has 3 rings (SSSR count). The van der Waals surface area contributed by atoms with Crippen LogP contribution in [0.25, 0.3) is 22.7 Å². The summed E-state index contributed by atoms with van der Waals surface area (Å²) in [6.45, 7) is 8.40. The molecule has 0 aliphatic carbocycles. The molecule has 23 heavy (non-hydrogen) atoms. The molecule has 0 aliphatic rings. The van der Waals surface area contributed by atoms with Gasteiger partial charge in [-0.2, -0.15) is 0 Å². The van der Waals surface area contributed by atoms with E-state index in [0.29, 0.717) is 11.8 Å². The van der Waals surface area contributed by atoms with Crippen molar-refractivity contribution in [2.75, 3.05) is 5.32 Å². The molecular formula is C20H22N2O. The van der Waals surface area contributed by atoms with E-state index in [4.69, 9.17) is 9.40 Å². The van der Waals surface area contributed by atoms with E-state index in [0.717, 1.165) is 16.8 Å². The first-order valence-electron chi connectivity index (χ1n) is 7.84. The van der Waals surface area contributed by atoms with Gasteiger partial charge < -0.3 is 9.73 Å². The molecule has 1 aromatic heterocycles. The zero-order chi connectivity index (χ0) is 16.4. The Bertz CT molecular complexity index is 781. The van der Waals surface area contributed by atoms with E-state index in [2.05, 4.69) is 57.3 Å². The molecule has 0 spiro atoms. The van der Waals surface area contributed by atoms with Crippen LogP contribution in [0.3, 0.4) is 0 Å². The maximum atomic E-state index is 6.04. The van der Waals surface area contributed by atoms with E-state index >= 15 is 0 Å². The van der Waals surface area contributed by atoms with Crippen LogP contribution in [0.1, 0.15) is 26.3 Å². The van der Waals surface area contributed by atoms with Crippen LogP contribution in [0.15, 0.2) is 59.0 Å². The van der Waals surface area contributed by atoms with Crippen LogP contribution in [0, 0.1) is 6.92 Å². The van der Waals surface area contributed by atoms with E-state index in [-0.39, 0.29) is 5.54 Å². The summed E-state index contributed by atoms with van der Waals surface area (Å²) in [5, 5.41) is 3.42. The Morgan fingerprint density at radius 3 is 2.13 bits per heavy atom. The lowest BCUT2D eigenvalue weighted by Gasteiger charge is -2.20. The summed E-state index contributed by atoms with van der Waals surface area (Å²) < 4.78 is 6.04. The van der Waals surface area contributed by atoms with Gasteiger partial charge in [-0.25, -0.2) is 4.98 Å². The molecule has 0 fully saturated rings. The number of aryl methyl sites for hydroxylation is 1. The van der Waals surface area contributed by atoms with Crippen LogP contribution in [0.2, 0.25) is 0 Å². The minimum Gasteiger partial charge on any atom is -0.420 e. The van der Waals surface area contributed by atoms with Crippen LogP contribution in [0.4, 0.5) is 5.88 Å². The highest BCUT2D eigenvalue weighted by atomic mass is 16.4. The number of nitrogens with one attached hydrogen (secondary N) is 1. The van der Waals surface area contributed by atoms with E-state index in [9.17, 15) is 0 Å². The summed E-state index contributed by atoms with van der Waals surface area (Å²) in [7, 11) is 0. The summed E-state index contributed by atoms with van der Waals surface area (Å²) in [5.74, 6) is 1.34. The summed E-state index contributed by atoms with van der Waals surface area (Å²) in [5.41, 5.74) is 3.99. The highest BCUT2D eigenvalue weighted by Crippen LogP contribution is 2.34. The number of nitrogens with zero attached hydrogens (tertiary/aromatic N) is 1. The van der Waals surface area contributed by atoms with E-state index in [1.165, 1.54) is 5.56 Å². The van der Waals surface area contributed by atoms with Gasteiger partial charge in [-0.05, 0) is 39.8 Å². The van der Waals surface area contributed by atoms with E-state index in [1.807, 2.05) is 30.3 Å². The van der Waals surface area contributed by atoms with Crippen molar-refractivity contribution < 1.29 is 4.42 Å². The number of hydrogen-bond acceptors (Lipinski definition) is 3. The minimum absolute atomic E-state index is 0.104. The summed E-state index contributed by atoms with van der Waals surface area (Å²) in [6.07, 6.45) is 0. The first kappa shape index (κ1) is 15.3. The minimum atomic E-state index is -0.104. The lowest BCUT2D eigenvalue weighted by Crippen LogP contribution is -2.26. The maximum absolute atomic E-state index is 6.04. The molecule has 3 aromatic rings. The highest BCUT2D eigenvalue weighted by molar-refractivity contribution is 5.74. The predicted molar refractivity (Wildman–Crippen MR) is 95.5 cm³/mol. The molecule has 2 aromatic carbocycles. The highest BCUT2D eigenvalue weighted by Gasteiger charge is 2.20. The van der Waals surface area contributed by atoms with Crippen molar-refractivity contribution in [1.82, 2.24) is 4.98 Å². The second kappa shape index (κ2) is 5.92. The molecule has 0 saturated carbocycles. The standard InChI is InChI=1S/C20H22N2O/c1-14-10-12-15(13-11-14)17-19(22-20(2,3)4)23-18(21-17)16-8-6-5-7-9-16/h5-13,22H,1-4H3. The van der Waals surface area contributed by atoms with Gasteiger partial charge in [0.1, 0.15) is 5.69 Å². The smallest absolute Gasteiger partial charge is 0.229 e. The van der Waals surface area contributed by atoms with Gasteiger partial charge in [0.05, 0.1) is 0 Å². The normalized spacial score (nSPS) is 11.5. The molecule has 3 heteroatoms. The van der Waals surface area contributed by atoms with Crippen molar-refractivity contribution in [3.8, 4) is 22.7 Å². The first-order chi connectivity index (χ1) is 10.9. The van der Waals surface area contributed by atoms with Gasteiger partial charge in [0.15, 0.2) is 0 Å². The van der Waals surface area contributed by atoms with Crippen LogP contribution < -0.4 is 5.32 Å². The van der Waals surface area contributed by atoms with Crippen molar-refractivity contribution in [1.29, 1.82) is 0 Å². The Hall–Kier alpha value is -2.55. The number of hydrogen-bond donors (Lipinski definition) is 1. The molecule has 1 heterocycles. The van der Waals surface area contributed by atoms with E-state index < -0.39 is 0 Å². The lowest BCUT2D eigenvalue weighted by molar-refractivity contribution is 0.545. The number of anilines is 1. The van der Waals surface area contributed by atoms with Gasteiger partial charge in [0, 0.05) is 16.7 Å². The fraction of sp³-hybridized carbons (Fsp3) is 0.250. The van der Waals surface area contributed by atoms with Gasteiger partial charge in [0.25, 0.3) is 0 Å². The Morgan fingerprint density at radius 1 is 0.870 bits per heavy atom. The summed E-state index contributed by atoms with van der Waals surface area (Å²) in [4.78, 5) is 4.74. The zero-order valence-electron chi connectivity index (χ0n) is 14.1. The number of rotatable bonds is 3. The van der Waals surface area contributed by atoms with Crippen molar-refractivity contribution in [2.24, 2.45) is 0 Å². The molecule has 0 amide bonds. The van der Waals surface area contributed by atoms with Gasteiger partial charge in [-0.15, -0.1) is 0 Å². The van der Waals surface area contributed by atoms with Gasteiger partial charge >= 0.3 is 0 Å².